The standard InChI is InChI=1S/C27H45N9O7S/c1-4-28-36(29-5-2)27(44)30-22-6-8-23(9-7-22)35(21(3)37)34-16-14-32(19-25(40)41)12-10-31(18-24(38)39)11-13-33(15-17-34)20-26(42)43/h6-9,28-29H,4-5,10-20H2,1-3H3,(H,30,44)(H,38,39)(H,40,41)(H,42,43). The van der Waals surface area contributed by atoms with Gasteiger partial charge in [0.1, 0.15) is 0 Å². The van der Waals surface area contributed by atoms with Crippen LogP contribution in [0.1, 0.15) is 20.8 Å². The Morgan fingerprint density at radius 1 is 0.727 bits per heavy atom. The van der Waals surface area contributed by atoms with Crippen LogP contribution in [0.2, 0.25) is 0 Å². The van der Waals surface area contributed by atoms with E-state index >= 15 is 0 Å². The van der Waals surface area contributed by atoms with Gasteiger partial charge in [-0.3, -0.25) is 33.9 Å². The van der Waals surface area contributed by atoms with Crippen LogP contribution < -0.4 is 21.2 Å². The zero-order valence-electron chi connectivity index (χ0n) is 25.6. The molecule has 1 heterocycles. The van der Waals surface area contributed by atoms with Gasteiger partial charge in [0.25, 0.3) is 0 Å². The predicted molar refractivity (Wildman–Crippen MR) is 169 cm³/mol. The molecule has 0 aromatic heterocycles. The van der Waals surface area contributed by atoms with Gasteiger partial charge in [-0.15, -0.1) is 0 Å². The maximum Gasteiger partial charge on any atom is 0.317 e. The number of carboxylic acids is 3. The molecule has 0 spiro atoms. The van der Waals surface area contributed by atoms with Crippen LogP contribution in [-0.4, -0.2) is 154 Å². The Hall–Kier alpha value is -3.45. The first-order valence-electron chi connectivity index (χ1n) is 14.5. The molecule has 17 heteroatoms. The molecule has 0 unspecified atom stereocenters. The molecular weight excluding hydrogens is 594 g/mol. The second-order valence-corrected chi connectivity index (χ2v) is 10.5. The minimum atomic E-state index is -1.02. The molecular formula is C27H45N9O7S. The van der Waals surface area contributed by atoms with Crippen molar-refractivity contribution < 1.29 is 34.5 Å². The fourth-order valence-corrected chi connectivity index (χ4v) is 4.95. The molecule has 246 valence electrons. The third-order valence-corrected chi connectivity index (χ3v) is 6.95. The number of thiocarbonyl (C=S) groups is 1. The third-order valence-electron chi connectivity index (χ3n) is 6.67. The average Bonchev–Trinajstić information content (AvgIpc) is 2.94. The van der Waals surface area contributed by atoms with E-state index in [-0.39, 0.29) is 77.9 Å². The lowest BCUT2D eigenvalue weighted by Crippen LogP contribution is -2.54. The van der Waals surface area contributed by atoms with E-state index in [0.717, 1.165) is 0 Å². The lowest BCUT2D eigenvalue weighted by molar-refractivity contribution is -0.140. The topological polar surface area (TPSA) is 184 Å². The molecule has 1 aromatic rings. The highest BCUT2D eigenvalue weighted by Crippen LogP contribution is 2.21. The van der Waals surface area contributed by atoms with E-state index in [9.17, 15) is 34.5 Å². The van der Waals surface area contributed by atoms with Gasteiger partial charge in [-0.1, -0.05) is 13.8 Å². The molecule has 0 saturated carbocycles. The van der Waals surface area contributed by atoms with Crippen LogP contribution in [0.25, 0.3) is 0 Å². The van der Waals surface area contributed by atoms with Crippen molar-refractivity contribution in [1.29, 1.82) is 0 Å². The van der Waals surface area contributed by atoms with E-state index in [1.807, 2.05) is 13.8 Å². The van der Waals surface area contributed by atoms with Gasteiger partial charge in [0.2, 0.25) is 11.0 Å². The van der Waals surface area contributed by atoms with E-state index in [2.05, 4.69) is 16.2 Å². The van der Waals surface area contributed by atoms with Gasteiger partial charge in [-0.2, -0.15) is 0 Å². The molecule has 44 heavy (non-hydrogen) atoms. The number of carbonyl (C=O) groups excluding carboxylic acids is 1. The van der Waals surface area contributed by atoms with Crippen LogP contribution in [0.4, 0.5) is 11.4 Å². The maximum absolute atomic E-state index is 13.0. The number of hydrogen-bond donors (Lipinski definition) is 6. The first-order chi connectivity index (χ1) is 20.9. The molecule has 1 aromatic carbocycles. The number of benzene rings is 1. The number of hydrazine groups is 3. The van der Waals surface area contributed by atoms with Gasteiger partial charge in [-0.05, 0) is 36.5 Å². The zero-order chi connectivity index (χ0) is 32.6. The summed E-state index contributed by atoms with van der Waals surface area (Å²) in [4.78, 5) is 52.7. The number of nitrogens with one attached hydrogen (secondary N) is 3. The molecule has 1 saturated heterocycles. The summed E-state index contributed by atoms with van der Waals surface area (Å²) in [7, 11) is 0. The zero-order valence-corrected chi connectivity index (χ0v) is 26.4. The van der Waals surface area contributed by atoms with Gasteiger partial charge < -0.3 is 20.6 Å². The molecule has 0 radical (unpaired) electrons. The molecule has 16 nitrogen and oxygen atoms in total. The summed E-state index contributed by atoms with van der Waals surface area (Å²) < 4.78 is 0. The van der Waals surface area contributed by atoms with Crippen molar-refractivity contribution in [3.05, 3.63) is 24.3 Å². The molecule has 0 aliphatic carbocycles. The number of rotatable bonds is 13. The Kier molecular flexibility index (Phi) is 15.9. The number of amides is 1. The maximum atomic E-state index is 13.0. The Balaban J connectivity index is 2.32. The highest BCUT2D eigenvalue weighted by molar-refractivity contribution is 7.80. The van der Waals surface area contributed by atoms with Crippen LogP contribution in [0.3, 0.4) is 0 Å². The normalized spacial score (nSPS) is 16.3. The summed E-state index contributed by atoms with van der Waals surface area (Å²) in [6, 6.07) is 7.10. The highest BCUT2D eigenvalue weighted by atomic mass is 32.1. The van der Waals surface area contributed by atoms with E-state index in [1.54, 1.807) is 49.1 Å². The summed E-state index contributed by atoms with van der Waals surface area (Å²) in [5, 5.41) is 36.8. The molecule has 0 bridgehead atoms. The van der Waals surface area contributed by atoms with E-state index in [0.29, 0.717) is 29.6 Å². The summed E-state index contributed by atoms with van der Waals surface area (Å²) in [5.74, 6) is -3.34. The Morgan fingerprint density at radius 2 is 1.11 bits per heavy atom. The first kappa shape index (κ1) is 36.7. The van der Waals surface area contributed by atoms with Crippen molar-refractivity contribution >= 4 is 52.5 Å². The summed E-state index contributed by atoms with van der Waals surface area (Å²) in [6.45, 7) is 8.09. The number of anilines is 2. The fourth-order valence-electron chi connectivity index (χ4n) is 4.70. The van der Waals surface area contributed by atoms with Crippen LogP contribution >= 0.6 is 12.2 Å². The molecule has 2 rings (SSSR count). The average molecular weight is 640 g/mol. The van der Waals surface area contributed by atoms with Gasteiger partial charge in [0, 0.05) is 78.1 Å². The fraction of sp³-hybridized carbons (Fsp3) is 0.593. The predicted octanol–water partition coefficient (Wildman–Crippen LogP) is -0.522. The second kappa shape index (κ2) is 19.0. The number of carboxylic acid groups (broad SMARTS) is 3. The van der Waals surface area contributed by atoms with Gasteiger partial charge >= 0.3 is 17.9 Å². The molecule has 1 aliphatic heterocycles. The van der Waals surface area contributed by atoms with Crippen LogP contribution in [0.15, 0.2) is 24.3 Å². The van der Waals surface area contributed by atoms with Crippen molar-refractivity contribution in [1.82, 2.24) is 35.7 Å². The first-order valence-corrected chi connectivity index (χ1v) is 14.9. The summed E-state index contributed by atoms with van der Waals surface area (Å²) in [6.07, 6.45) is 0. The van der Waals surface area contributed by atoms with E-state index < -0.39 is 17.9 Å². The second-order valence-electron chi connectivity index (χ2n) is 10.1. The minimum absolute atomic E-state index is 0.246. The monoisotopic (exact) mass is 639 g/mol. The lowest BCUT2D eigenvalue weighted by atomic mass is 10.2. The van der Waals surface area contributed by atoms with Crippen LogP contribution in [0, 0.1) is 0 Å². The smallest absolute Gasteiger partial charge is 0.317 e. The molecule has 1 amide bonds. The van der Waals surface area contributed by atoms with Crippen molar-refractivity contribution in [2.45, 2.75) is 20.8 Å². The van der Waals surface area contributed by atoms with Gasteiger partial charge in [0.15, 0.2) is 0 Å². The van der Waals surface area contributed by atoms with Crippen molar-refractivity contribution in [3.8, 4) is 0 Å². The molecule has 0 atom stereocenters. The van der Waals surface area contributed by atoms with Gasteiger partial charge in [-0.25, -0.2) is 26.0 Å². The largest absolute Gasteiger partial charge is 0.480 e. The number of nitrogens with zero attached hydrogens (tertiary/aromatic N) is 6. The SMILES string of the molecule is CCNN(NCC)C(=S)Nc1ccc(N(C(C)=O)N2CCN(CC(=O)O)CCN(CC(=O)O)CCN(CC(=O)O)CC2)cc1. The van der Waals surface area contributed by atoms with E-state index in [1.165, 1.54) is 11.9 Å². The van der Waals surface area contributed by atoms with Crippen molar-refractivity contribution in [2.24, 2.45) is 0 Å². The number of aliphatic carboxylic acids is 3. The Bertz CT molecular complexity index is 1070. The number of carbonyl (C=O) groups is 4. The van der Waals surface area contributed by atoms with Crippen LogP contribution in [-0.2, 0) is 19.2 Å². The highest BCUT2D eigenvalue weighted by Gasteiger charge is 2.25. The number of hydrogen-bond acceptors (Lipinski definition) is 11. The quantitative estimate of drug-likeness (QED) is 0.120. The minimum Gasteiger partial charge on any atom is -0.480 e. The lowest BCUT2D eigenvalue weighted by Gasteiger charge is -2.38. The molecule has 1 aliphatic rings. The van der Waals surface area contributed by atoms with Crippen molar-refractivity contribution in [2.75, 3.05) is 95.4 Å². The van der Waals surface area contributed by atoms with E-state index in [4.69, 9.17) is 12.2 Å². The molecule has 6 N–H and O–H groups in total. The Labute approximate surface area is 263 Å². The van der Waals surface area contributed by atoms with Gasteiger partial charge in [0.05, 0.1) is 25.3 Å². The Morgan fingerprint density at radius 3 is 1.45 bits per heavy atom. The summed E-state index contributed by atoms with van der Waals surface area (Å²) in [5.41, 5.74) is 7.49. The summed E-state index contributed by atoms with van der Waals surface area (Å²) >= 11 is 5.49. The molecule has 1 fully saturated rings. The third kappa shape index (κ3) is 13.0. The van der Waals surface area contributed by atoms with Crippen molar-refractivity contribution in [3.63, 3.8) is 0 Å². The van der Waals surface area contributed by atoms with Crippen LogP contribution in [0.5, 0.6) is 0 Å².